The minimum Gasteiger partial charge on any atom is -0.314 e. The molecule has 0 bridgehead atoms. The van der Waals surface area contributed by atoms with E-state index in [2.05, 4.69) is 38.9 Å². The summed E-state index contributed by atoms with van der Waals surface area (Å²) in [5.41, 5.74) is 2.50. The number of fused-ring (bicyclic) bond motifs is 1. The van der Waals surface area contributed by atoms with Gasteiger partial charge in [0.2, 0.25) is 0 Å². The second-order valence-electron chi connectivity index (χ2n) is 5.13. The first-order valence-electron chi connectivity index (χ1n) is 6.80. The van der Waals surface area contributed by atoms with Crippen LogP contribution in [0.15, 0.2) is 18.5 Å². The molecule has 0 spiro atoms. The molecule has 3 rings (SSSR count). The summed E-state index contributed by atoms with van der Waals surface area (Å²) in [5, 5.41) is 12.1. The van der Waals surface area contributed by atoms with Crippen LogP contribution < -0.4 is 5.32 Å². The molecule has 0 aliphatic carbocycles. The zero-order chi connectivity index (χ0) is 13.2. The largest absolute Gasteiger partial charge is 0.314 e. The Morgan fingerprint density at radius 3 is 3.16 bits per heavy atom. The van der Waals surface area contributed by atoms with Gasteiger partial charge in [-0.2, -0.15) is 0 Å². The summed E-state index contributed by atoms with van der Waals surface area (Å²) in [6, 6.07) is 2.25. The summed E-state index contributed by atoms with van der Waals surface area (Å²) >= 11 is 0. The first-order chi connectivity index (χ1) is 9.25. The van der Waals surface area contributed by atoms with E-state index in [9.17, 15) is 0 Å². The second kappa shape index (κ2) is 5.09. The SMILES string of the molecule is Cc1ccncc1CNC(C)c1nnc2n1CCC2. The lowest BCUT2D eigenvalue weighted by atomic mass is 10.1. The van der Waals surface area contributed by atoms with Crippen molar-refractivity contribution in [1.29, 1.82) is 0 Å². The van der Waals surface area contributed by atoms with Gasteiger partial charge in [0, 0.05) is 31.9 Å². The number of aryl methyl sites for hydroxylation is 2. The van der Waals surface area contributed by atoms with Crippen molar-refractivity contribution in [3.8, 4) is 0 Å². The van der Waals surface area contributed by atoms with Crippen LogP contribution in [0.1, 0.15) is 42.2 Å². The molecule has 0 fully saturated rings. The first kappa shape index (κ1) is 12.3. The fraction of sp³-hybridized carbons (Fsp3) is 0.500. The van der Waals surface area contributed by atoms with Crippen LogP contribution in [0.5, 0.6) is 0 Å². The van der Waals surface area contributed by atoms with E-state index in [4.69, 9.17) is 0 Å². The number of nitrogens with zero attached hydrogens (tertiary/aromatic N) is 4. The molecular weight excluding hydrogens is 238 g/mol. The minimum atomic E-state index is 0.207. The Morgan fingerprint density at radius 2 is 2.32 bits per heavy atom. The van der Waals surface area contributed by atoms with E-state index in [0.29, 0.717) is 0 Å². The lowest BCUT2D eigenvalue weighted by Crippen LogP contribution is -2.22. The molecule has 3 heterocycles. The Morgan fingerprint density at radius 1 is 1.42 bits per heavy atom. The van der Waals surface area contributed by atoms with Crippen molar-refractivity contribution in [2.45, 2.75) is 45.8 Å². The molecule has 2 aromatic heterocycles. The van der Waals surface area contributed by atoms with Gasteiger partial charge in [-0.3, -0.25) is 4.98 Å². The number of pyridine rings is 1. The van der Waals surface area contributed by atoms with Gasteiger partial charge in [-0.1, -0.05) is 0 Å². The van der Waals surface area contributed by atoms with E-state index in [1.54, 1.807) is 0 Å². The Hall–Kier alpha value is -1.75. The standard InChI is InChI=1S/C14H19N5/c1-10-5-6-15-8-12(10)9-16-11(2)14-18-17-13-4-3-7-19(13)14/h5-6,8,11,16H,3-4,7,9H2,1-2H3. The molecule has 0 radical (unpaired) electrons. The molecule has 2 aromatic rings. The maximum Gasteiger partial charge on any atom is 0.149 e. The summed E-state index contributed by atoms with van der Waals surface area (Å²) in [7, 11) is 0. The van der Waals surface area contributed by atoms with Gasteiger partial charge in [-0.05, 0) is 37.5 Å². The van der Waals surface area contributed by atoms with Gasteiger partial charge in [0.05, 0.1) is 6.04 Å². The van der Waals surface area contributed by atoms with Gasteiger partial charge in [0.15, 0.2) is 0 Å². The Kier molecular flexibility index (Phi) is 3.29. The molecule has 0 aromatic carbocycles. The highest BCUT2D eigenvalue weighted by Crippen LogP contribution is 2.19. The zero-order valence-corrected chi connectivity index (χ0v) is 11.4. The quantitative estimate of drug-likeness (QED) is 0.907. The summed E-state index contributed by atoms with van der Waals surface area (Å²) in [6.45, 7) is 6.11. The highest BCUT2D eigenvalue weighted by atomic mass is 15.3. The maximum atomic E-state index is 4.31. The zero-order valence-electron chi connectivity index (χ0n) is 11.4. The van der Waals surface area contributed by atoms with Crippen LogP contribution in [-0.2, 0) is 19.5 Å². The topological polar surface area (TPSA) is 55.6 Å². The normalized spacial score (nSPS) is 15.5. The Labute approximate surface area is 113 Å². The third-order valence-corrected chi connectivity index (χ3v) is 3.77. The van der Waals surface area contributed by atoms with Crippen molar-refractivity contribution in [3.63, 3.8) is 0 Å². The maximum absolute atomic E-state index is 4.31. The third kappa shape index (κ3) is 2.38. The highest BCUT2D eigenvalue weighted by Gasteiger charge is 2.20. The van der Waals surface area contributed by atoms with Crippen molar-refractivity contribution < 1.29 is 0 Å². The number of nitrogens with one attached hydrogen (secondary N) is 1. The van der Waals surface area contributed by atoms with E-state index in [-0.39, 0.29) is 6.04 Å². The van der Waals surface area contributed by atoms with Crippen LogP contribution in [0.2, 0.25) is 0 Å². The molecular formula is C14H19N5. The van der Waals surface area contributed by atoms with Crippen LogP contribution in [0.3, 0.4) is 0 Å². The summed E-state index contributed by atoms with van der Waals surface area (Å²) < 4.78 is 2.24. The van der Waals surface area contributed by atoms with Crippen LogP contribution in [0.4, 0.5) is 0 Å². The van der Waals surface area contributed by atoms with E-state index in [0.717, 1.165) is 31.2 Å². The first-order valence-corrected chi connectivity index (χ1v) is 6.80. The number of hydrogen-bond acceptors (Lipinski definition) is 4. The summed E-state index contributed by atoms with van der Waals surface area (Å²) in [5.74, 6) is 2.18. The Bertz CT molecular complexity index is 575. The van der Waals surface area contributed by atoms with Crippen molar-refractivity contribution in [1.82, 2.24) is 25.1 Å². The van der Waals surface area contributed by atoms with Crippen LogP contribution >= 0.6 is 0 Å². The summed E-state index contributed by atoms with van der Waals surface area (Å²) in [4.78, 5) is 4.17. The molecule has 19 heavy (non-hydrogen) atoms. The highest BCUT2D eigenvalue weighted by molar-refractivity contribution is 5.21. The van der Waals surface area contributed by atoms with Gasteiger partial charge in [0.25, 0.3) is 0 Å². The number of hydrogen-bond donors (Lipinski definition) is 1. The lowest BCUT2D eigenvalue weighted by Gasteiger charge is -2.14. The lowest BCUT2D eigenvalue weighted by molar-refractivity contribution is 0.514. The van der Waals surface area contributed by atoms with Crippen LogP contribution in [0.25, 0.3) is 0 Å². The second-order valence-corrected chi connectivity index (χ2v) is 5.13. The average molecular weight is 257 g/mol. The molecule has 1 unspecified atom stereocenters. The van der Waals surface area contributed by atoms with E-state index >= 15 is 0 Å². The molecule has 1 aliphatic rings. The van der Waals surface area contributed by atoms with Crippen molar-refractivity contribution in [3.05, 3.63) is 41.2 Å². The van der Waals surface area contributed by atoms with Gasteiger partial charge in [-0.25, -0.2) is 0 Å². The molecule has 100 valence electrons. The van der Waals surface area contributed by atoms with Crippen molar-refractivity contribution in [2.75, 3.05) is 0 Å². The fourth-order valence-electron chi connectivity index (χ4n) is 2.53. The molecule has 0 saturated carbocycles. The van der Waals surface area contributed by atoms with Crippen LogP contribution in [0, 0.1) is 6.92 Å². The molecule has 0 amide bonds. The molecule has 1 atom stereocenters. The van der Waals surface area contributed by atoms with Gasteiger partial charge < -0.3 is 9.88 Å². The third-order valence-electron chi connectivity index (χ3n) is 3.77. The van der Waals surface area contributed by atoms with Gasteiger partial charge >= 0.3 is 0 Å². The molecule has 5 heteroatoms. The molecule has 5 nitrogen and oxygen atoms in total. The Balaban J connectivity index is 1.68. The van der Waals surface area contributed by atoms with Crippen LogP contribution in [-0.4, -0.2) is 19.7 Å². The number of rotatable bonds is 4. The van der Waals surface area contributed by atoms with E-state index in [1.165, 1.54) is 17.5 Å². The minimum absolute atomic E-state index is 0.207. The van der Waals surface area contributed by atoms with Crippen molar-refractivity contribution in [2.24, 2.45) is 0 Å². The van der Waals surface area contributed by atoms with Gasteiger partial charge in [-0.15, -0.1) is 10.2 Å². The van der Waals surface area contributed by atoms with Gasteiger partial charge in [0.1, 0.15) is 11.6 Å². The summed E-state index contributed by atoms with van der Waals surface area (Å²) in [6.07, 6.45) is 5.99. The van der Waals surface area contributed by atoms with Crippen molar-refractivity contribution >= 4 is 0 Å². The monoisotopic (exact) mass is 257 g/mol. The van der Waals surface area contributed by atoms with E-state index < -0.39 is 0 Å². The predicted molar refractivity (Wildman–Crippen MR) is 72.6 cm³/mol. The molecule has 0 saturated heterocycles. The fourth-order valence-corrected chi connectivity index (χ4v) is 2.53. The molecule has 1 N–H and O–H groups in total. The predicted octanol–water partition coefficient (Wildman–Crippen LogP) is 1.78. The average Bonchev–Trinajstić information content (AvgIpc) is 2.99. The van der Waals surface area contributed by atoms with E-state index in [1.807, 2.05) is 18.5 Å². The molecule has 1 aliphatic heterocycles. The number of aromatic nitrogens is 4. The smallest absolute Gasteiger partial charge is 0.149 e.